The predicted octanol–water partition coefficient (Wildman–Crippen LogP) is 1.05. The number of amides is 2. The van der Waals surface area contributed by atoms with Crippen LogP contribution in [-0.2, 0) is 33.6 Å². The molecule has 0 saturated heterocycles. The van der Waals surface area contributed by atoms with Gasteiger partial charge in [-0.25, -0.2) is 4.79 Å². The van der Waals surface area contributed by atoms with E-state index in [1.165, 1.54) is 0 Å². The van der Waals surface area contributed by atoms with Crippen molar-refractivity contribution in [2.45, 2.75) is 52.0 Å². The molecule has 0 aliphatic heterocycles. The highest BCUT2D eigenvalue weighted by molar-refractivity contribution is 7.95. The number of hydrogen-bond acceptors (Lipinski definition) is 4. The van der Waals surface area contributed by atoms with Crippen molar-refractivity contribution in [2.24, 2.45) is 0 Å². The van der Waals surface area contributed by atoms with Crippen LogP contribution >= 0.6 is 0 Å². The number of halogens is 1. The van der Waals surface area contributed by atoms with E-state index in [1.807, 2.05) is 54.6 Å². The maximum absolute atomic E-state index is 12.8. The minimum Gasteiger partial charge on any atom is -1.00 e. The number of nitrogens with one attached hydrogen (secondary N) is 2. The first kappa shape index (κ1) is 29.1. The summed E-state index contributed by atoms with van der Waals surface area (Å²) in [5, 5.41) is 5.65. The van der Waals surface area contributed by atoms with Gasteiger partial charge in [0, 0.05) is 13.0 Å². The van der Waals surface area contributed by atoms with E-state index in [0.717, 1.165) is 22.6 Å². The molecule has 0 unspecified atom stereocenters. The SMILES string of the molecule is C[S+](C)CC[C@@H](NC(=O)OC(C)(C)C)C(=O)NCc1cccc(OCc2ccccc2)c1.[I-]. The largest absolute Gasteiger partial charge is 1.00 e. The summed E-state index contributed by atoms with van der Waals surface area (Å²) in [6.45, 7) is 6.21. The summed E-state index contributed by atoms with van der Waals surface area (Å²) in [5.41, 5.74) is 1.39. The molecular formula is C25H35IN2O4S. The maximum Gasteiger partial charge on any atom is 0.408 e. The third kappa shape index (κ3) is 12.2. The molecule has 1 atom stereocenters. The molecule has 0 aliphatic rings. The summed E-state index contributed by atoms with van der Waals surface area (Å²) in [7, 11) is 0.163. The summed E-state index contributed by atoms with van der Waals surface area (Å²) in [6.07, 6.45) is 4.20. The summed E-state index contributed by atoms with van der Waals surface area (Å²) in [5.74, 6) is 1.36. The fourth-order valence-corrected chi connectivity index (χ4v) is 3.58. The van der Waals surface area contributed by atoms with Crippen molar-refractivity contribution in [3.63, 3.8) is 0 Å². The monoisotopic (exact) mass is 586 g/mol. The summed E-state index contributed by atoms with van der Waals surface area (Å²) in [4.78, 5) is 25.0. The first-order valence-corrected chi connectivity index (χ1v) is 12.9. The highest BCUT2D eigenvalue weighted by Gasteiger charge is 2.25. The van der Waals surface area contributed by atoms with Crippen LogP contribution in [0.4, 0.5) is 4.79 Å². The maximum atomic E-state index is 12.8. The highest BCUT2D eigenvalue weighted by Crippen LogP contribution is 2.15. The van der Waals surface area contributed by atoms with Crippen LogP contribution in [0.5, 0.6) is 5.75 Å². The molecule has 0 spiro atoms. The Labute approximate surface area is 217 Å². The quantitative estimate of drug-likeness (QED) is 0.323. The Morgan fingerprint density at radius 1 is 1.00 bits per heavy atom. The second-order valence-corrected chi connectivity index (χ2v) is 11.2. The third-order valence-electron chi connectivity index (χ3n) is 4.44. The summed E-state index contributed by atoms with van der Waals surface area (Å²) in [6, 6.07) is 17.0. The number of alkyl carbamates (subject to hydrolysis) is 1. The van der Waals surface area contributed by atoms with E-state index in [9.17, 15) is 9.59 Å². The molecule has 0 aliphatic carbocycles. The number of rotatable bonds is 10. The lowest BCUT2D eigenvalue weighted by Crippen LogP contribution is -3.00. The molecule has 2 aromatic carbocycles. The van der Waals surface area contributed by atoms with Gasteiger partial charge in [-0.2, -0.15) is 0 Å². The summed E-state index contributed by atoms with van der Waals surface area (Å²) >= 11 is 0. The van der Waals surface area contributed by atoms with Gasteiger partial charge >= 0.3 is 6.09 Å². The van der Waals surface area contributed by atoms with Crippen molar-refractivity contribution in [3.05, 3.63) is 65.7 Å². The van der Waals surface area contributed by atoms with Gasteiger partial charge in [0.05, 0.1) is 12.5 Å². The second-order valence-electron chi connectivity index (χ2n) is 8.82. The van der Waals surface area contributed by atoms with E-state index in [2.05, 4.69) is 23.1 Å². The van der Waals surface area contributed by atoms with Gasteiger partial charge in [-0.15, -0.1) is 0 Å². The normalized spacial score (nSPS) is 11.8. The molecular weight excluding hydrogens is 551 g/mol. The number of hydrogen-bond donors (Lipinski definition) is 2. The Bertz CT molecular complexity index is 872. The van der Waals surface area contributed by atoms with Gasteiger partial charge in [0.15, 0.2) is 0 Å². The molecule has 2 rings (SSSR count). The molecule has 33 heavy (non-hydrogen) atoms. The molecule has 0 fully saturated rings. The van der Waals surface area contributed by atoms with Crippen LogP contribution in [-0.4, -0.2) is 41.9 Å². The fraction of sp³-hybridized carbons (Fsp3) is 0.440. The smallest absolute Gasteiger partial charge is 0.408 e. The second kappa shape index (κ2) is 14.3. The van der Waals surface area contributed by atoms with Crippen LogP contribution < -0.4 is 39.3 Å². The average Bonchev–Trinajstić information content (AvgIpc) is 2.73. The number of ether oxygens (including phenoxy) is 2. The Balaban J connectivity index is 0.00000544. The standard InChI is InChI=1S/C25H34N2O4S.HI/c1-25(2,3)31-24(29)27-22(14-15-32(4)5)23(28)26-17-20-12-9-13-21(16-20)30-18-19-10-7-6-8-11-19;/h6-13,16,22H,14-15,17-18H2,1-5H3,(H-,26,27,28,29);1H/t22-;/m1./s1. The van der Waals surface area contributed by atoms with Crippen molar-refractivity contribution < 1.29 is 43.0 Å². The van der Waals surface area contributed by atoms with E-state index in [0.29, 0.717) is 19.6 Å². The zero-order valence-corrected chi connectivity index (χ0v) is 23.0. The first-order valence-electron chi connectivity index (χ1n) is 10.7. The van der Waals surface area contributed by atoms with Crippen LogP contribution in [0.3, 0.4) is 0 Å². The van der Waals surface area contributed by atoms with Gasteiger partial charge in [0.1, 0.15) is 29.8 Å². The zero-order valence-electron chi connectivity index (χ0n) is 20.0. The van der Waals surface area contributed by atoms with E-state index >= 15 is 0 Å². The molecule has 0 radical (unpaired) electrons. The summed E-state index contributed by atoms with van der Waals surface area (Å²) < 4.78 is 11.2. The van der Waals surface area contributed by atoms with Gasteiger partial charge < -0.3 is 44.1 Å². The molecule has 6 nitrogen and oxygen atoms in total. The molecule has 2 amide bonds. The average molecular weight is 587 g/mol. The van der Waals surface area contributed by atoms with Gasteiger partial charge in [0.2, 0.25) is 5.91 Å². The fourth-order valence-electron chi connectivity index (χ4n) is 2.87. The van der Waals surface area contributed by atoms with Crippen LogP contribution in [0.2, 0.25) is 0 Å². The Kier molecular flexibility index (Phi) is 12.7. The van der Waals surface area contributed by atoms with E-state index in [-0.39, 0.29) is 40.8 Å². The van der Waals surface area contributed by atoms with E-state index < -0.39 is 17.7 Å². The molecule has 0 bridgehead atoms. The van der Waals surface area contributed by atoms with Crippen molar-refractivity contribution >= 4 is 22.9 Å². The van der Waals surface area contributed by atoms with E-state index in [1.54, 1.807) is 20.8 Å². The first-order chi connectivity index (χ1) is 15.1. The molecule has 2 N–H and O–H groups in total. The number of benzene rings is 2. The van der Waals surface area contributed by atoms with Crippen molar-refractivity contribution in [3.8, 4) is 5.75 Å². The molecule has 8 heteroatoms. The van der Waals surface area contributed by atoms with Crippen LogP contribution in [0, 0.1) is 0 Å². The van der Waals surface area contributed by atoms with Crippen molar-refractivity contribution in [1.29, 1.82) is 0 Å². The third-order valence-corrected chi connectivity index (χ3v) is 5.49. The topological polar surface area (TPSA) is 76.7 Å². The van der Waals surface area contributed by atoms with Crippen LogP contribution in [0.25, 0.3) is 0 Å². The molecule has 0 aromatic heterocycles. The minimum absolute atomic E-state index is 0. The van der Waals surface area contributed by atoms with Gasteiger partial charge in [-0.05, 0) is 54.9 Å². The highest BCUT2D eigenvalue weighted by atomic mass is 127. The Morgan fingerprint density at radius 2 is 1.67 bits per heavy atom. The van der Waals surface area contributed by atoms with Gasteiger partial charge in [-0.3, -0.25) is 4.79 Å². The molecule has 2 aromatic rings. The Hall–Kier alpha value is -1.94. The van der Waals surface area contributed by atoms with Crippen LogP contribution in [0.1, 0.15) is 38.3 Å². The van der Waals surface area contributed by atoms with Crippen LogP contribution in [0.15, 0.2) is 54.6 Å². The number of carbonyl (C=O) groups is 2. The van der Waals surface area contributed by atoms with Gasteiger partial charge in [0.25, 0.3) is 0 Å². The number of carbonyl (C=O) groups excluding carboxylic acids is 2. The predicted molar refractivity (Wildman–Crippen MR) is 131 cm³/mol. The van der Waals surface area contributed by atoms with Gasteiger partial charge in [-0.1, -0.05) is 42.5 Å². The van der Waals surface area contributed by atoms with Crippen molar-refractivity contribution in [1.82, 2.24) is 10.6 Å². The molecule has 182 valence electrons. The lowest BCUT2D eigenvalue weighted by atomic mass is 10.1. The minimum atomic E-state index is -0.641. The lowest BCUT2D eigenvalue weighted by molar-refractivity contribution is -0.123. The molecule has 0 saturated carbocycles. The lowest BCUT2D eigenvalue weighted by Gasteiger charge is -2.23. The van der Waals surface area contributed by atoms with E-state index in [4.69, 9.17) is 9.47 Å². The van der Waals surface area contributed by atoms with Crippen molar-refractivity contribution in [2.75, 3.05) is 18.3 Å². The zero-order chi connectivity index (χ0) is 23.6. The molecule has 0 heterocycles. The Morgan fingerprint density at radius 3 is 2.30 bits per heavy atom.